The highest BCUT2D eigenvalue weighted by atomic mass is 32.2. The van der Waals surface area contributed by atoms with Crippen LogP contribution in [0.2, 0.25) is 0 Å². The number of hydrogen-bond acceptors (Lipinski definition) is 4. The number of aliphatic imine (C=N–C) groups is 1. The maximum atomic E-state index is 14.3. The minimum atomic E-state index is -0.415. The Hall–Kier alpha value is -2.28. The molecule has 0 fully saturated rings. The van der Waals surface area contributed by atoms with Gasteiger partial charge >= 0.3 is 0 Å². The lowest BCUT2D eigenvalue weighted by Crippen LogP contribution is -2.37. The van der Waals surface area contributed by atoms with Gasteiger partial charge in [-0.1, -0.05) is 6.07 Å². The molecule has 1 aromatic heterocycles. The highest BCUT2D eigenvalue weighted by Gasteiger charge is 2.06. The van der Waals surface area contributed by atoms with Crippen LogP contribution in [-0.4, -0.2) is 36.0 Å². The number of guanidine groups is 1. The molecule has 0 aliphatic rings. The van der Waals surface area contributed by atoms with E-state index in [2.05, 4.69) is 26.9 Å². The van der Waals surface area contributed by atoms with Gasteiger partial charge in [-0.05, 0) is 61.6 Å². The zero-order valence-corrected chi connectivity index (χ0v) is 16.7. The summed E-state index contributed by atoms with van der Waals surface area (Å²) < 4.78 is 19.8. The van der Waals surface area contributed by atoms with Crippen molar-refractivity contribution in [3.63, 3.8) is 0 Å². The average molecular weight is 391 g/mol. The molecule has 0 saturated heterocycles. The Morgan fingerprint density at radius 3 is 2.85 bits per heavy atom. The number of halogens is 1. The Kier molecular flexibility index (Phi) is 9.48. The molecule has 0 unspecified atom stereocenters. The lowest BCUT2D eigenvalue weighted by atomic mass is 10.2. The van der Waals surface area contributed by atoms with E-state index in [-0.39, 0.29) is 5.75 Å². The van der Waals surface area contributed by atoms with E-state index < -0.39 is 5.82 Å². The van der Waals surface area contributed by atoms with Crippen LogP contribution in [-0.2, 0) is 6.54 Å². The quantitative estimate of drug-likeness (QED) is 0.362. The summed E-state index contributed by atoms with van der Waals surface area (Å²) in [5, 5.41) is 6.52. The summed E-state index contributed by atoms with van der Waals surface area (Å²) in [7, 11) is 0. The van der Waals surface area contributed by atoms with Crippen LogP contribution >= 0.6 is 11.8 Å². The molecule has 2 N–H and O–H groups in total. The standard InChI is InChI=1S/C20H27FN4OS/c1-3-23-20(24-11-4-5-12-27-2)25-14-16-8-9-19(18(21)13-16)26-17-7-6-10-22-15-17/h6-10,13,15H,3-5,11-12,14H2,1-2H3,(H2,23,24,25). The predicted octanol–water partition coefficient (Wildman–Crippen LogP) is 4.21. The molecule has 2 rings (SSSR count). The van der Waals surface area contributed by atoms with Crippen molar-refractivity contribution in [2.24, 2.45) is 4.99 Å². The van der Waals surface area contributed by atoms with Gasteiger partial charge in [0.25, 0.3) is 0 Å². The van der Waals surface area contributed by atoms with Gasteiger partial charge in [0.05, 0.1) is 12.7 Å². The van der Waals surface area contributed by atoms with Gasteiger partial charge in [0.1, 0.15) is 5.75 Å². The van der Waals surface area contributed by atoms with Crippen LogP contribution in [0, 0.1) is 5.82 Å². The van der Waals surface area contributed by atoms with E-state index in [1.807, 2.05) is 24.8 Å². The topological polar surface area (TPSA) is 58.5 Å². The van der Waals surface area contributed by atoms with Crippen molar-refractivity contribution in [1.29, 1.82) is 0 Å². The van der Waals surface area contributed by atoms with E-state index in [1.165, 1.54) is 18.2 Å². The van der Waals surface area contributed by atoms with Crippen molar-refractivity contribution in [2.75, 3.05) is 25.1 Å². The van der Waals surface area contributed by atoms with E-state index in [9.17, 15) is 4.39 Å². The third-order valence-corrected chi connectivity index (χ3v) is 4.39. The van der Waals surface area contributed by atoms with Crippen molar-refractivity contribution < 1.29 is 9.13 Å². The first-order chi connectivity index (χ1) is 13.2. The zero-order chi connectivity index (χ0) is 19.3. The number of benzene rings is 1. The van der Waals surface area contributed by atoms with Gasteiger partial charge < -0.3 is 15.4 Å². The fraction of sp³-hybridized carbons (Fsp3) is 0.400. The highest BCUT2D eigenvalue weighted by molar-refractivity contribution is 7.98. The van der Waals surface area contributed by atoms with Crippen LogP contribution in [0.5, 0.6) is 11.5 Å². The number of nitrogens with zero attached hydrogens (tertiary/aromatic N) is 2. The largest absolute Gasteiger partial charge is 0.453 e. The first-order valence-corrected chi connectivity index (χ1v) is 10.5. The number of ether oxygens (including phenoxy) is 1. The SMILES string of the molecule is CCNC(=NCc1ccc(Oc2cccnc2)c(F)c1)NCCCCSC. The first kappa shape index (κ1) is 21.0. The number of pyridine rings is 1. The molecule has 2 aromatic rings. The van der Waals surface area contributed by atoms with Gasteiger partial charge in [-0.15, -0.1) is 0 Å². The molecule has 1 heterocycles. The smallest absolute Gasteiger partial charge is 0.191 e. The van der Waals surface area contributed by atoms with E-state index in [4.69, 9.17) is 4.74 Å². The molecule has 5 nitrogen and oxygen atoms in total. The molecule has 1 aromatic carbocycles. The molecule has 0 aliphatic carbocycles. The van der Waals surface area contributed by atoms with Crippen LogP contribution in [0.4, 0.5) is 4.39 Å². The molecule has 7 heteroatoms. The Morgan fingerprint density at radius 2 is 2.15 bits per heavy atom. The van der Waals surface area contributed by atoms with Gasteiger partial charge in [0.2, 0.25) is 0 Å². The van der Waals surface area contributed by atoms with Gasteiger partial charge in [-0.3, -0.25) is 4.98 Å². The van der Waals surface area contributed by atoms with E-state index in [0.29, 0.717) is 12.3 Å². The summed E-state index contributed by atoms with van der Waals surface area (Å²) in [4.78, 5) is 8.48. The minimum absolute atomic E-state index is 0.176. The van der Waals surface area contributed by atoms with Crippen LogP contribution in [0.3, 0.4) is 0 Å². The van der Waals surface area contributed by atoms with Crippen LogP contribution < -0.4 is 15.4 Å². The molecule has 146 valence electrons. The van der Waals surface area contributed by atoms with Crippen molar-refractivity contribution in [3.05, 3.63) is 54.1 Å². The molecule has 0 spiro atoms. The van der Waals surface area contributed by atoms with Crippen LogP contribution in [0.15, 0.2) is 47.7 Å². The lowest BCUT2D eigenvalue weighted by Gasteiger charge is -2.11. The van der Waals surface area contributed by atoms with Crippen molar-refractivity contribution >= 4 is 17.7 Å². The fourth-order valence-corrected chi connectivity index (χ4v) is 2.84. The molecule has 27 heavy (non-hydrogen) atoms. The summed E-state index contributed by atoms with van der Waals surface area (Å²) in [5.41, 5.74) is 0.783. The summed E-state index contributed by atoms with van der Waals surface area (Å²) in [6.45, 7) is 4.07. The summed E-state index contributed by atoms with van der Waals surface area (Å²) in [6.07, 6.45) is 7.58. The third kappa shape index (κ3) is 7.86. The summed E-state index contributed by atoms with van der Waals surface area (Å²) in [6, 6.07) is 8.37. The normalized spacial score (nSPS) is 11.3. The minimum Gasteiger partial charge on any atom is -0.453 e. The van der Waals surface area contributed by atoms with Gasteiger partial charge in [0, 0.05) is 19.3 Å². The number of hydrogen-bond donors (Lipinski definition) is 2. The Labute approximate surface area is 164 Å². The predicted molar refractivity (Wildman–Crippen MR) is 111 cm³/mol. The zero-order valence-electron chi connectivity index (χ0n) is 15.9. The maximum absolute atomic E-state index is 14.3. The molecule has 0 saturated carbocycles. The lowest BCUT2D eigenvalue weighted by molar-refractivity contribution is 0.440. The monoisotopic (exact) mass is 390 g/mol. The van der Waals surface area contributed by atoms with Crippen molar-refractivity contribution in [1.82, 2.24) is 15.6 Å². The maximum Gasteiger partial charge on any atom is 0.191 e. The van der Waals surface area contributed by atoms with Crippen LogP contribution in [0.1, 0.15) is 25.3 Å². The van der Waals surface area contributed by atoms with Gasteiger partial charge in [-0.2, -0.15) is 11.8 Å². The second kappa shape index (κ2) is 12.2. The van der Waals surface area contributed by atoms with E-state index in [1.54, 1.807) is 30.6 Å². The molecule has 0 amide bonds. The first-order valence-electron chi connectivity index (χ1n) is 9.10. The number of thioether (sulfide) groups is 1. The number of unbranched alkanes of at least 4 members (excludes halogenated alkanes) is 1. The molecule has 0 bridgehead atoms. The van der Waals surface area contributed by atoms with Crippen molar-refractivity contribution in [3.8, 4) is 11.5 Å². The number of aromatic nitrogens is 1. The highest BCUT2D eigenvalue weighted by Crippen LogP contribution is 2.24. The summed E-state index contributed by atoms with van der Waals surface area (Å²) >= 11 is 1.86. The molecule has 0 aliphatic heterocycles. The van der Waals surface area contributed by atoms with Crippen molar-refractivity contribution in [2.45, 2.75) is 26.3 Å². The number of rotatable bonds is 10. The average Bonchev–Trinajstić information content (AvgIpc) is 2.68. The fourth-order valence-electron chi connectivity index (χ4n) is 2.35. The van der Waals surface area contributed by atoms with Gasteiger partial charge in [0.15, 0.2) is 17.5 Å². The summed E-state index contributed by atoms with van der Waals surface area (Å²) in [5.74, 6) is 2.18. The second-order valence-electron chi connectivity index (χ2n) is 5.88. The van der Waals surface area contributed by atoms with E-state index in [0.717, 1.165) is 31.0 Å². The molecule has 0 atom stereocenters. The van der Waals surface area contributed by atoms with E-state index >= 15 is 0 Å². The Bertz CT molecular complexity index is 712. The number of nitrogens with one attached hydrogen (secondary N) is 2. The molecular formula is C20H27FN4OS. The van der Waals surface area contributed by atoms with Gasteiger partial charge in [-0.25, -0.2) is 9.38 Å². The molecule has 0 radical (unpaired) electrons. The Morgan fingerprint density at radius 1 is 1.26 bits per heavy atom. The third-order valence-electron chi connectivity index (χ3n) is 3.69. The second-order valence-corrected chi connectivity index (χ2v) is 6.86. The molecular weight excluding hydrogens is 363 g/mol. The van der Waals surface area contributed by atoms with Crippen LogP contribution in [0.25, 0.3) is 0 Å². The Balaban J connectivity index is 1.92.